The summed E-state index contributed by atoms with van der Waals surface area (Å²) in [5.41, 5.74) is -1.11. The van der Waals surface area contributed by atoms with Gasteiger partial charge in [-0.15, -0.1) is 11.6 Å². The predicted molar refractivity (Wildman–Crippen MR) is 114 cm³/mol. The number of carbonyl (C=O) groups excluding carboxylic acids is 2. The van der Waals surface area contributed by atoms with E-state index in [1.54, 1.807) is 0 Å². The summed E-state index contributed by atoms with van der Waals surface area (Å²) >= 11 is 5.90. The number of alkyl halides is 2. The van der Waals surface area contributed by atoms with Crippen LogP contribution in [0.1, 0.15) is 51.4 Å². The number of amides is 2. The van der Waals surface area contributed by atoms with E-state index in [-0.39, 0.29) is 37.0 Å². The number of hydrogen-bond acceptors (Lipinski definition) is 6. The van der Waals surface area contributed by atoms with E-state index < -0.39 is 28.7 Å². The molecule has 0 radical (unpaired) electrons. The standard InChI is InChI=1S/C21H34ClFN4O4/c22-14-2-1-13(9-15(14)23)31-12-18(29)26-20-3-5-21(6-4-20,17(28)10-20)27-19(30)16-11-24-7-8-25-16/h13-17,24-25,28H,1-12H2,(H,26,29)(H,27,30). The van der Waals surface area contributed by atoms with Crippen molar-refractivity contribution in [3.8, 4) is 0 Å². The van der Waals surface area contributed by atoms with Crippen LogP contribution in [0, 0.1) is 0 Å². The molecule has 2 bridgehead atoms. The zero-order valence-corrected chi connectivity index (χ0v) is 18.6. The van der Waals surface area contributed by atoms with Crippen LogP contribution >= 0.6 is 11.6 Å². The van der Waals surface area contributed by atoms with Gasteiger partial charge in [0.25, 0.3) is 0 Å². The van der Waals surface area contributed by atoms with Crippen molar-refractivity contribution < 1.29 is 23.8 Å². The Kier molecular flexibility index (Phi) is 7.08. The van der Waals surface area contributed by atoms with Crippen molar-refractivity contribution >= 4 is 23.4 Å². The normalized spacial score (nSPS) is 42.7. The lowest BCUT2D eigenvalue weighted by atomic mass is 9.59. The van der Waals surface area contributed by atoms with Crippen LogP contribution in [0.4, 0.5) is 4.39 Å². The number of aliphatic hydroxyl groups excluding tert-OH is 1. The van der Waals surface area contributed by atoms with Crippen molar-refractivity contribution in [3.63, 3.8) is 0 Å². The number of aliphatic hydroxyl groups is 1. The summed E-state index contributed by atoms with van der Waals surface area (Å²) in [6.07, 6.45) is 2.33. The molecule has 0 aromatic heterocycles. The molecule has 2 amide bonds. The van der Waals surface area contributed by atoms with Gasteiger partial charge in [-0.3, -0.25) is 9.59 Å². The fourth-order valence-electron chi connectivity index (χ4n) is 5.55. The van der Waals surface area contributed by atoms with Gasteiger partial charge in [-0.25, -0.2) is 4.39 Å². The number of piperazine rings is 1. The zero-order chi connectivity index (χ0) is 22.1. The number of nitrogens with one attached hydrogen (secondary N) is 4. The number of hydrogen-bond donors (Lipinski definition) is 5. The summed E-state index contributed by atoms with van der Waals surface area (Å²) in [4.78, 5) is 25.2. The molecule has 10 heteroatoms. The third-order valence-electron chi connectivity index (χ3n) is 7.55. The number of carbonyl (C=O) groups is 2. The molecule has 5 N–H and O–H groups in total. The van der Waals surface area contributed by atoms with Gasteiger partial charge in [0, 0.05) is 31.6 Å². The van der Waals surface area contributed by atoms with E-state index >= 15 is 0 Å². The minimum Gasteiger partial charge on any atom is -0.391 e. The molecule has 4 aliphatic carbocycles. The quantitative estimate of drug-likeness (QED) is 0.360. The van der Waals surface area contributed by atoms with Gasteiger partial charge in [-0.2, -0.15) is 0 Å². The summed E-state index contributed by atoms with van der Waals surface area (Å²) in [5.74, 6) is -0.331. The van der Waals surface area contributed by atoms with Crippen LogP contribution < -0.4 is 21.3 Å². The van der Waals surface area contributed by atoms with Crippen LogP contribution in [0.15, 0.2) is 0 Å². The van der Waals surface area contributed by atoms with Crippen molar-refractivity contribution in [3.05, 3.63) is 0 Å². The average Bonchev–Trinajstić information content (AvgIpc) is 2.76. The topological polar surface area (TPSA) is 112 Å². The molecule has 176 valence electrons. The maximum atomic E-state index is 13.8. The van der Waals surface area contributed by atoms with Crippen molar-refractivity contribution in [2.24, 2.45) is 0 Å². The molecule has 31 heavy (non-hydrogen) atoms. The van der Waals surface area contributed by atoms with Crippen LogP contribution in [-0.4, -0.2) is 84.0 Å². The van der Waals surface area contributed by atoms with Gasteiger partial charge in [0.2, 0.25) is 11.8 Å². The maximum Gasteiger partial charge on any atom is 0.246 e. The second kappa shape index (κ2) is 9.47. The van der Waals surface area contributed by atoms with E-state index in [0.717, 1.165) is 13.1 Å². The lowest BCUT2D eigenvalue weighted by molar-refractivity contribution is -0.139. The Morgan fingerprint density at radius 3 is 2.58 bits per heavy atom. The molecule has 5 fully saturated rings. The third kappa shape index (κ3) is 5.16. The molecule has 5 unspecified atom stereocenters. The first-order chi connectivity index (χ1) is 14.8. The molecule has 1 aliphatic heterocycles. The molecule has 5 aliphatic rings. The summed E-state index contributed by atoms with van der Waals surface area (Å²) in [5, 5.41) is 23.0. The molecular formula is C21H34ClFN4O4. The molecule has 5 rings (SSSR count). The predicted octanol–water partition coefficient (Wildman–Crippen LogP) is 0.111. The van der Waals surface area contributed by atoms with Gasteiger partial charge in [0.15, 0.2) is 0 Å². The van der Waals surface area contributed by atoms with Crippen LogP contribution in [0.2, 0.25) is 0 Å². The highest BCUT2D eigenvalue weighted by Gasteiger charge is 2.55. The Bertz CT molecular complexity index is 670. The Labute approximate surface area is 187 Å². The second-order valence-corrected chi connectivity index (χ2v) is 10.2. The minimum atomic E-state index is -1.10. The molecule has 5 atom stereocenters. The Balaban J connectivity index is 1.26. The largest absolute Gasteiger partial charge is 0.391 e. The van der Waals surface area contributed by atoms with E-state index in [2.05, 4.69) is 21.3 Å². The van der Waals surface area contributed by atoms with Crippen molar-refractivity contribution in [2.75, 3.05) is 26.2 Å². The first-order valence-electron chi connectivity index (χ1n) is 11.5. The SMILES string of the molecule is O=C(COC1CCC(Cl)C(F)C1)NC12CCC(NC(=O)C3CNCCN3)(CC1)C(O)C2. The summed E-state index contributed by atoms with van der Waals surface area (Å²) in [7, 11) is 0. The van der Waals surface area contributed by atoms with E-state index in [4.69, 9.17) is 16.3 Å². The number of halogens is 2. The lowest BCUT2D eigenvalue weighted by Crippen LogP contribution is -2.72. The molecular weight excluding hydrogens is 427 g/mol. The number of ether oxygens (including phenoxy) is 1. The van der Waals surface area contributed by atoms with E-state index in [1.165, 1.54) is 0 Å². The van der Waals surface area contributed by atoms with Gasteiger partial charge < -0.3 is 31.1 Å². The fourth-order valence-corrected chi connectivity index (χ4v) is 5.78. The highest BCUT2D eigenvalue weighted by Crippen LogP contribution is 2.47. The second-order valence-electron chi connectivity index (χ2n) is 9.68. The van der Waals surface area contributed by atoms with Crippen LogP contribution in [-0.2, 0) is 14.3 Å². The highest BCUT2D eigenvalue weighted by atomic mass is 35.5. The van der Waals surface area contributed by atoms with Crippen LogP contribution in [0.5, 0.6) is 0 Å². The molecule has 4 saturated carbocycles. The lowest BCUT2D eigenvalue weighted by Gasteiger charge is -2.56. The van der Waals surface area contributed by atoms with Gasteiger partial charge in [-0.1, -0.05) is 0 Å². The molecule has 8 nitrogen and oxygen atoms in total. The first kappa shape index (κ1) is 23.2. The van der Waals surface area contributed by atoms with Crippen molar-refractivity contribution in [2.45, 2.75) is 92.2 Å². The monoisotopic (exact) mass is 460 g/mol. The Morgan fingerprint density at radius 2 is 1.94 bits per heavy atom. The number of rotatable bonds is 6. The van der Waals surface area contributed by atoms with Crippen LogP contribution in [0.25, 0.3) is 0 Å². The zero-order valence-electron chi connectivity index (χ0n) is 17.8. The van der Waals surface area contributed by atoms with E-state index in [1.807, 2.05) is 0 Å². The molecule has 1 saturated heterocycles. The van der Waals surface area contributed by atoms with Gasteiger partial charge in [-0.05, 0) is 44.9 Å². The van der Waals surface area contributed by atoms with E-state index in [0.29, 0.717) is 51.5 Å². The molecule has 0 aromatic carbocycles. The summed E-state index contributed by atoms with van der Waals surface area (Å²) < 4.78 is 19.4. The van der Waals surface area contributed by atoms with Crippen molar-refractivity contribution in [1.29, 1.82) is 0 Å². The van der Waals surface area contributed by atoms with E-state index in [9.17, 15) is 19.1 Å². The Hall–Kier alpha value is -1.00. The molecule has 0 spiro atoms. The average molecular weight is 461 g/mol. The number of fused-ring (bicyclic) bond motifs is 3. The first-order valence-corrected chi connectivity index (χ1v) is 11.9. The fraction of sp³-hybridized carbons (Fsp3) is 0.905. The van der Waals surface area contributed by atoms with Gasteiger partial charge in [0.1, 0.15) is 12.8 Å². The van der Waals surface area contributed by atoms with Gasteiger partial charge in [0.05, 0.1) is 29.2 Å². The molecule has 0 aromatic rings. The molecule has 1 heterocycles. The highest BCUT2D eigenvalue weighted by molar-refractivity contribution is 6.21. The third-order valence-corrected chi connectivity index (χ3v) is 8.04. The minimum absolute atomic E-state index is 0.0871. The smallest absolute Gasteiger partial charge is 0.246 e. The van der Waals surface area contributed by atoms with Gasteiger partial charge >= 0.3 is 0 Å². The Morgan fingerprint density at radius 1 is 1.16 bits per heavy atom. The van der Waals surface area contributed by atoms with Crippen molar-refractivity contribution in [1.82, 2.24) is 21.3 Å². The summed E-state index contributed by atoms with van der Waals surface area (Å²) in [6, 6.07) is -0.293. The summed E-state index contributed by atoms with van der Waals surface area (Å²) in [6.45, 7) is 2.04. The maximum absolute atomic E-state index is 13.8. The van der Waals surface area contributed by atoms with Crippen LogP contribution in [0.3, 0.4) is 0 Å².